The van der Waals surface area contributed by atoms with Gasteiger partial charge in [-0.15, -0.1) is 0 Å². The number of alkyl carbamates (subject to hydrolysis) is 1. The largest absolute Gasteiger partial charge is 0.445 e. The van der Waals surface area contributed by atoms with Crippen molar-refractivity contribution in [3.8, 4) is 11.1 Å². The van der Waals surface area contributed by atoms with Crippen LogP contribution in [0.4, 0.5) is 4.79 Å². The van der Waals surface area contributed by atoms with Crippen molar-refractivity contribution in [1.29, 1.82) is 0 Å². The molecule has 5 atom stereocenters. The van der Waals surface area contributed by atoms with Crippen molar-refractivity contribution in [3.05, 3.63) is 144 Å². The van der Waals surface area contributed by atoms with Crippen LogP contribution in [0.3, 0.4) is 0 Å². The summed E-state index contributed by atoms with van der Waals surface area (Å²) in [5.74, 6) is 0.0819. The molecule has 1 amide bonds. The lowest BCUT2D eigenvalue weighted by atomic mass is 9.89. The van der Waals surface area contributed by atoms with Gasteiger partial charge in [0, 0.05) is 30.6 Å². The summed E-state index contributed by atoms with van der Waals surface area (Å²) in [6, 6.07) is 35.0. The van der Waals surface area contributed by atoms with Crippen LogP contribution in [0.25, 0.3) is 11.1 Å². The second-order valence-corrected chi connectivity index (χ2v) is 11.9. The molecule has 5 rings (SSSR count). The van der Waals surface area contributed by atoms with Gasteiger partial charge in [-0.2, -0.15) is 0 Å². The average Bonchev–Trinajstić information content (AvgIpc) is 3.11. The summed E-state index contributed by atoms with van der Waals surface area (Å²) >= 11 is 0. The number of nitrogens with zero attached hydrogens (tertiary/aromatic N) is 1. The molecule has 1 aliphatic heterocycles. The maximum absolute atomic E-state index is 12.0. The minimum atomic E-state index is -0.560. The fourth-order valence-electron chi connectivity index (χ4n) is 5.89. The van der Waals surface area contributed by atoms with Crippen LogP contribution in [0.5, 0.6) is 0 Å². The number of rotatable bonds is 12. The first kappa shape index (κ1) is 33.1. The summed E-state index contributed by atoms with van der Waals surface area (Å²) in [6.45, 7) is 9.23. The van der Waals surface area contributed by atoms with Crippen LogP contribution < -0.4 is 5.32 Å². The van der Waals surface area contributed by atoms with Gasteiger partial charge >= 0.3 is 6.09 Å². The van der Waals surface area contributed by atoms with Gasteiger partial charge in [0.05, 0.1) is 18.8 Å². The SMILES string of the molecule is C=CCOC(=O)NCc1ccccc1-c1ccc([C@@H]2O[C@H](CN(C)[C@@H](C)c3ccccc3)[C@H](C)[C@H](c3ccc(CO)cc3)O2)cc1. The Morgan fingerprint density at radius 3 is 2.33 bits per heavy atom. The molecular formula is C39H44N2O5. The highest BCUT2D eigenvalue weighted by atomic mass is 16.7. The normalized spacial score (nSPS) is 20.2. The number of aliphatic hydroxyl groups is 1. The molecule has 0 unspecified atom stereocenters. The lowest BCUT2D eigenvalue weighted by molar-refractivity contribution is -0.276. The number of amides is 1. The molecular weight excluding hydrogens is 576 g/mol. The third kappa shape index (κ3) is 8.11. The number of ether oxygens (including phenoxy) is 3. The van der Waals surface area contributed by atoms with Gasteiger partial charge in [0.2, 0.25) is 0 Å². The molecule has 1 heterocycles. The Hall–Kier alpha value is -4.27. The molecule has 46 heavy (non-hydrogen) atoms. The molecule has 0 radical (unpaired) electrons. The van der Waals surface area contributed by atoms with Gasteiger partial charge in [-0.3, -0.25) is 4.90 Å². The van der Waals surface area contributed by atoms with Gasteiger partial charge in [0.15, 0.2) is 6.29 Å². The van der Waals surface area contributed by atoms with E-state index in [1.54, 1.807) is 0 Å². The smallest absolute Gasteiger partial charge is 0.407 e. The predicted octanol–water partition coefficient (Wildman–Crippen LogP) is 7.74. The second kappa shape index (κ2) is 15.8. The number of carbonyl (C=O) groups excluding carboxylic acids is 1. The Balaban J connectivity index is 1.37. The zero-order chi connectivity index (χ0) is 32.5. The van der Waals surface area contributed by atoms with Crippen LogP contribution in [-0.2, 0) is 27.4 Å². The molecule has 1 saturated heterocycles. The van der Waals surface area contributed by atoms with Crippen molar-refractivity contribution in [2.45, 2.75) is 51.5 Å². The number of likely N-dealkylation sites (N-methyl/N-ethyl adjacent to an activating group) is 1. The van der Waals surface area contributed by atoms with Crippen molar-refractivity contribution < 1.29 is 24.1 Å². The van der Waals surface area contributed by atoms with E-state index >= 15 is 0 Å². The quantitative estimate of drug-likeness (QED) is 0.158. The minimum Gasteiger partial charge on any atom is -0.445 e. The molecule has 1 fully saturated rings. The number of hydrogen-bond donors (Lipinski definition) is 2. The van der Waals surface area contributed by atoms with Crippen LogP contribution in [0.15, 0.2) is 116 Å². The fraction of sp³-hybridized carbons (Fsp3) is 0.308. The summed E-state index contributed by atoms with van der Waals surface area (Å²) in [5, 5.41) is 12.4. The first-order valence-electron chi connectivity index (χ1n) is 15.8. The number of aliphatic hydroxyl groups excluding tert-OH is 1. The van der Waals surface area contributed by atoms with Crippen LogP contribution in [0, 0.1) is 5.92 Å². The lowest BCUT2D eigenvalue weighted by Gasteiger charge is -2.43. The number of hydrogen-bond acceptors (Lipinski definition) is 6. The second-order valence-electron chi connectivity index (χ2n) is 11.9. The standard InChI is InChI=1S/C39H44N2O5/c1-5-23-44-39(43)40-24-34-13-9-10-14-35(34)31-19-21-33(22-20-31)38-45-36(25-41(4)28(3)30-11-7-6-8-12-30)27(2)37(46-38)32-17-15-29(26-42)16-18-32/h5-22,27-28,36-38,42H,1,23-26H2,2-4H3,(H,40,43)/t27-,28-,36+,37+,38+/m0/s1. The topological polar surface area (TPSA) is 80.3 Å². The van der Waals surface area contributed by atoms with Gasteiger partial charge < -0.3 is 24.6 Å². The summed E-state index contributed by atoms with van der Waals surface area (Å²) in [6.07, 6.45) is 0.213. The Kier molecular flexibility index (Phi) is 11.4. The summed E-state index contributed by atoms with van der Waals surface area (Å²) in [4.78, 5) is 14.3. The van der Waals surface area contributed by atoms with E-state index in [1.165, 1.54) is 11.6 Å². The van der Waals surface area contributed by atoms with Gasteiger partial charge in [0.25, 0.3) is 0 Å². The van der Waals surface area contributed by atoms with Crippen LogP contribution in [0.2, 0.25) is 0 Å². The molecule has 0 bridgehead atoms. The van der Waals surface area contributed by atoms with Gasteiger partial charge in [-0.05, 0) is 47.4 Å². The van der Waals surface area contributed by atoms with Crippen molar-refractivity contribution in [3.63, 3.8) is 0 Å². The van der Waals surface area contributed by atoms with E-state index in [-0.39, 0.29) is 37.4 Å². The van der Waals surface area contributed by atoms with E-state index in [1.807, 2.05) is 54.6 Å². The Bertz CT molecular complexity index is 1560. The summed E-state index contributed by atoms with van der Waals surface area (Å²) in [5.41, 5.74) is 7.14. The molecule has 240 valence electrons. The molecule has 7 heteroatoms. The molecule has 7 nitrogen and oxygen atoms in total. The third-order valence-electron chi connectivity index (χ3n) is 8.80. The molecule has 4 aromatic carbocycles. The first-order chi connectivity index (χ1) is 22.4. The Morgan fingerprint density at radius 2 is 1.63 bits per heavy atom. The van der Waals surface area contributed by atoms with Gasteiger partial charge in [-0.25, -0.2) is 4.79 Å². The highest BCUT2D eigenvalue weighted by Crippen LogP contribution is 2.42. The first-order valence-corrected chi connectivity index (χ1v) is 15.8. The van der Waals surface area contributed by atoms with E-state index in [9.17, 15) is 9.90 Å². The van der Waals surface area contributed by atoms with E-state index in [0.29, 0.717) is 6.54 Å². The summed E-state index contributed by atoms with van der Waals surface area (Å²) in [7, 11) is 2.14. The van der Waals surface area contributed by atoms with E-state index in [0.717, 1.165) is 39.9 Å². The van der Waals surface area contributed by atoms with Crippen LogP contribution >= 0.6 is 0 Å². The van der Waals surface area contributed by atoms with Gasteiger partial charge in [-0.1, -0.05) is 123 Å². The van der Waals surface area contributed by atoms with Crippen molar-refractivity contribution >= 4 is 6.09 Å². The number of carbonyl (C=O) groups is 1. The summed E-state index contributed by atoms with van der Waals surface area (Å²) < 4.78 is 18.5. The molecule has 4 aromatic rings. The van der Waals surface area contributed by atoms with Crippen molar-refractivity contribution in [2.24, 2.45) is 5.92 Å². The highest BCUT2D eigenvalue weighted by molar-refractivity contribution is 5.70. The van der Waals surface area contributed by atoms with Crippen molar-refractivity contribution in [2.75, 3.05) is 20.2 Å². The number of nitrogens with one attached hydrogen (secondary N) is 1. The zero-order valence-corrected chi connectivity index (χ0v) is 26.8. The maximum Gasteiger partial charge on any atom is 0.407 e. The van der Waals surface area contributed by atoms with Crippen molar-refractivity contribution in [1.82, 2.24) is 10.2 Å². The van der Waals surface area contributed by atoms with Gasteiger partial charge in [0.1, 0.15) is 6.61 Å². The zero-order valence-electron chi connectivity index (χ0n) is 26.8. The average molecular weight is 621 g/mol. The minimum absolute atomic E-state index is 0.00280. The molecule has 0 aromatic heterocycles. The van der Waals surface area contributed by atoms with Crippen LogP contribution in [0.1, 0.15) is 60.1 Å². The lowest BCUT2D eigenvalue weighted by Crippen LogP contribution is -2.44. The highest BCUT2D eigenvalue weighted by Gasteiger charge is 2.39. The third-order valence-corrected chi connectivity index (χ3v) is 8.80. The van der Waals surface area contributed by atoms with Crippen LogP contribution in [-0.4, -0.2) is 42.4 Å². The molecule has 1 aliphatic rings. The monoisotopic (exact) mass is 620 g/mol. The Labute approximate surface area is 272 Å². The molecule has 0 saturated carbocycles. The predicted molar refractivity (Wildman–Crippen MR) is 181 cm³/mol. The van der Waals surface area contributed by atoms with E-state index in [4.69, 9.17) is 14.2 Å². The van der Waals surface area contributed by atoms with E-state index in [2.05, 4.69) is 86.2 Å². The van der Waals surface area contributed by atoms with E-state index < -0.39 is 12.4 Å². The Morgan fingerprint density at radius 1 is 0.957 bits per heavy atom. The maximum atomic E-state index is 12.0. The molecule has 0 aliphatic carbocycles. The fourth-order valence-corrected chi connectivity index (χ4v) is 5.89. The molecule has 2 N–H and O–H groups in total. The number of benzene rings is 4. The molecule has 0 spiro atoms.